The van der Waals surface area contributed by atoms with Crippen LogP contribution < -0.4 is 5.32 Å². The van der Waals surface area contributed by atoms with E-state index in [9.17, 15) is 9.90 Å². The molecule has 1 aromatic rings. The Morgan fingerprint density at radius 2 is 2.14 bits per heavy atom. The lowest BCUT2D eigenvalue weighted by Crippen LogP contribution is -2.46. The van der Waals surface area contributed by atoms with Crippen molar-refractivity contribution in [1.82, 2.24) is 10.2 Å². The molecule has 1 atom stereocenters. The van der Waals surface area contributed by atoms with Crippen molar-refractivity contribution in [1.29, 1.82) is 0 Å². The van der Waals surface area contributed by atoms with Crippen LogP contribution in [-0.2, 0) is 4.74 Å². The van der Waals surface area contributed by atoms with Crippen LogP contribution in [0.15, 0.2) is 24.3 Å². The molecule has 120 valence electrons. The highest BCUT2D eigenvalue weighted by molar-refractivity contribution is 5.74. The third-order valence-corrected chi connectivity index (χ3v) is 4.63. The van der Waals surface area contributed by atoms with Crippen LogP contribution in [0.1, 0.15) is 37.2 Å². The van der Waals surface area contributed by atoms with Gasteiger partial charge in [-0.25, -0.2) is 4.79 Å². The number of benzene rings is 1. The molecular formula is C17H24N2O3. The van der Waals surface area contributed by atoms with Crippen LogP contribution in [0.3, 0.4) is 0 Å². The van der Waals surface area contributed by atoms with E-state index in [4.69, 9.17) is 4.74 Å². The summed E-state index contributed by atoms with van der Waals surface area (Å²) in [6.45, 7) is 2.95. The molecule has 1 aromatic carbocycles. The number of urea groups is 1. The van der Waals surface area contributed by atoms with Crippen LogP contribution in [0.4, 0.5) is 4.79 Å². The van der Waals surface area contributed by atoms with Crippen LogP contribution in [0, 0.1) is 0 Å². The molecule has 0 saturated carbocycles. The summed E-state index contributed by atoms with van der Waals surface area (Å²) in [6, 6.07) is 7.47. The van der Waals surface area contributed by atoms with E-state index in [-0.39, 0.29) is 12.1 Å². The van der Waals surface area contributed by atoms with E-state index in [0.29, 0.717) is 18.2 Å². The summed E-state index contributed by atoms with van der Waals surface area (Å²) in [4.78, 5) is 14.1. The molecule has 5 heteroatoms. The Labute approximate surface area is 131 Å². The highest BCUT2D eigenvalue weighted by atomic mass is 16.5. The van der Waals surface area contributed by atoms with Gasteiger partial charge in [0.2, 0.25) is 0 Å². The molecule has 2 saturated heterocycles. The number of phenols is 1. The van der Waals surface area contributed by atoms with Crippen molar-refractivity contribution in [2.24, 2.45) is 0 Å². The zero-order chi connectivity index (χ0) is 15.4. The van der Waals surface area contributed by atoms with Crippen LogP contribution in [-0.4, -0.2) is 48.4 Å². The number of nitrogens with zero attached hydrogens (tertiary/aromatic N) is 1. The number of carbonyl (C=O) groups is 1. The molecule has 3 rings (SSSR count). The predicted molar refractivity (Wildman–Crippen MR) is 84.0 cm³/mol. The first kappa shape index (κ1) is 15.2. The van der Waals surface area contributed by atoms with E-state index >= 15 is 0 Å². The van der Waals surface area contributed by atoms with Gasteiger partial charge in [0.15, 0.2) is 0 Å². The van der Waals surface area contributed by atoms with Crippen LogP contribution in [0.5, 0.6) is 5.75 Å². The summed E-state index contributed by atoms with van der Waals surface area (Å²) >= 11 is 0. The number of nitrogens with one attached hydrogen (secondary N) is 1. The molecule has 2 N–H and O–H groups in total. The number of likely N-dealkylation sites (tertiary alicyclic amines) is 1. The van der Waals surface area contributed by atoms with Gasteiger partial charge in [-0.2, -0.15) is 0 Å². The molecule has 2 heterocycles. The quantitative estimate of drug-likeness (QED) is 0.901. The van der Waals surface area contributed by atoms with Crippen molar-refractivity contribution in [3.63, 3.8) is 0 Å². The number of hydrogen-bond donors (Lipinski definition) is 2. The second kappa shape index (κ2) is 7.01. The SMILES string of the molecule is O=C(NCC1CCCO1)N1CCC(c2cccc(O)c2)CC1. The number of ether oxygens (including phenoxy) is 1. The van der Waals surface area contributed by atoms with Crippen LogP contribution >= 0.6 is 0 Å². The fourth-order valence-electron chi connectivity index (χ4n) is 3.31. The highest BCUT2D eigenvalue weighted by Crippen LogP contribution is 2.29. The minimum atomic E-state index is 0.0184. The maximum Gasteiger partial charge on any atom is 0.317 e. The Balaban J connectivity index is 1.45. The summed E-state index contributed by atoms with van der Waals surface area (Å²) in [5.41, 5.74) is 1.17. The van der Waals surface area contributed by atoms with Gasteiger partial charge in [0.05, 0.1) is 6.10 Å². The number of amides is 2. The van der Waals surface area contributed by atoms with Crippen LogP contribution in [0.2, 0.25) is 0 Å². The van der Waals surface area contributed by atoms with E-state index in [1.54, 1.807) is 6.07 Å². The smallest absolute Gasteiger partial charge is 0.317 e. The maximum absolute atomic E-state index is 12.2. The third kappa shape index (κ3) is 3.71. The second-order valence-electron chi connectivity index (χ2n) is 6.18. The summed E-state index contributed by atoms with van der Waals surface area (Å²) in [5, 5.41) is 12.6. The average Bonchev–Trinajstić information content (AvgIpc) is 3.06. The van der Waals surface area contributed by atoms with Gasteiger partial charge in [-0.15, -0.1) is 0 Å². The van der Waals surface area contributed by atoms with Crippen molar-refractivity contribution in [2.75, 3.05) is 26.2 Å². The lowest BCUT2D eigenvalue weighted by Gasteiger charge is -2.32. The van der Waals surface area contributed by atoms with Gasteiger partial charge < -0.3 is 20.1 Å². The Bertz CT molecular complexity index is 506. The lowest BCUT2D eigenvalue weighted by molar-refractivity contribution is 0.108. The number of rotatable bonds is 3. The standard InChI is InChI=1S/C17H24N2O3/c20-15-4-1-3-14(11-15)13-6-8-19(9-7-13)17(21)18-12-16-5-2-10-22-16/h1,3-4,11,13,16,20H,2,5-10,12H2,(H,18,21). The molecule has 2 aliphatic heterocycles. The largest absolute Gasteiger partial charge is 0.508 e. The summed E-state index contributed by atoms with van der Waals surface area (Å²) < 4.78 is 5.52. The van der Waals surface area contributed by atoms with Gasteiger partial charge >= 0.3 is 6.03 Å². The summed E-state index contributed by atoms with van der Waals surface area (Å²) in [6.07, 6.45) is 4.21. The molecule has 0 bridgehead atoms. The number of phenolic OH excluding ortho intramolecular Hbond substituents is 1. The van der Waals surface area contributed by atoms with Crippen molar-refractivity contribution < 1.29 is 14.6 Å². The topological polar surface area (TPSA) is 61.8 Å². The van der Waals surface area contributed by atoms with Gasteiger partial charge in [-0.1, -0.05) is 12.1 Å². The Morgan fingerprint density at radius 3 is 2.82 bits per heavy atom. The molecule has 2 aliphatic rings. The van der Waals surface area contributed by atoms with Crippen molar-refractivity contribution in [2.45, 2.75) is 37.7 Å². The average molecular weight is 304 g/mol. The van der Waals surface area contributed by atoms with Gasteiger partial charge in [0, 0.05) is 26.2 Å². The molecule has 0 radical (unpaired) electrons. The summed E-state index contributed by atoms with van der Waals surface area (Å²) in [7, 11) is 0. The van der Waals surface area contributed by atoms with Gasteiger partial charge in [0.1, 0.15) is 5.75 Å². The van der Waals surface area contributed by atoms with Crippen molar-refractivity contribution in [3.05, 3.63) is 29.8 Å². The molecule has 2 amide bonds. The maximum atomic E-state index is 12.2. The predicted octanol–water partition coefficient (Wildman–Crippen LogP) is 2.46. The monoisotopic (exact) mass is 304 g/mol. The van der Waals surface area contributed by atoms with E-state index in [1.807, 2.05) is 17.0 Å². The van der Waals surface area contributed by atoms with Crippen molar-refractivity contribution >= 4 is 6.03 Å². The molecule has 2 fully saturated rings. The fourth-order valence-corrected chi connectivity index (χ4v) is 3.31. The highest BCUT2D eigenvalue weighted by Gasteiger charge is 2.25. The van der Waals surface area contributed by atoms with Gasteiger partial charge in [-0.05, 0) is 49.3 Å². The van der Waals surface area contributed by atoms with E-state index in [2.05, 4.69) is 11.4 Å². The number of hydrogen-bond acceptors (Lipinski definition) is 3. The summed E-state index contributed by atoms with van der Waals surface area (Å²) in [5.74, 6) is 0.739. The molecule has 1 unspecified atom stereocenters. The second-order valence-corrected chi connectivity index (χ2v) is 6.18. The molecule has 22 heavy (non-hydrogen) atoms. The normalized spacial score (nSPS) is 22.7. The minimum absolute atomic E-state index is 0.0184. The lowest BCUT2D eigenvalue weighted by atomic mass is 9.89. The van der Waals surface area contributed by atoms with E-state index in [1.165, 1.54) is 5.56 Å². The number of carbonyl (C=O) groups excluding carboxylic acids is 1. The first-order valence-corrected chi connectivity index (χ1v) is 8.15. The van der Waals surface area contributed by atoms with Crippen LogP contribution in [0.25, 0.3) is 0 Å². The van der Waals surface area contributed by atoms with Gasteiger partial charge in [0.25, 0.3) is 0 Å². The number of aromatic hydroxyl groups is 1. The molecule has 0 aromatic heterocycles. The zero-order valence-corrected chi connectivity index (χ0v) is 12.8. The first-order chi connectivity index (χ1) is 10.7. The number of piperidine rings is 1. The Kier molecular flexibility index (Phi) is 4.83. The Morgan fingerprint density at radius 1 is 1.32 bits per heavy atom. The molecule has 0 spiro atoms. The molecular weight excluding hydrogens is 280 g/mol. The van der Waals surface area contributed by atoms with Gasteiger partial charge in [-0.3, -0.25) is 0 Å². The third-order valence-electron chi connectivity index (χ3n) is 4.63. The first-order valence-electron chi connectivity index (χ1n) is 8.15. The zero-order valence-electron chi connectivity index (χ0n) is 12.8. The molecule has 0 aliphatic carbocycles. The molecule has 5 nitrogen and oxygen atoms in total. The van der Waals surface area contributed by atoms with E-state index in [0.717, 1.165) is 45.4 Å². The Hall–Kier alpha value is -1.75. The fraction of sp³-hybridized carbons (Fsp3) is 0.588. The minimum Gasteiger partial charge on any atom is -0.508 e. The van der Waals surface area contributed by atoms with Crippen molar-refractivity contribution in [3.8, 4) is 5.75 Å². The van der Waals surface area contributed by atoms with E-state index < -0.39 is 0 Å².